The van der Waals surface area contributed by atoms with Crippen LogP contribution in [0.15, 0.2) is 36.7 Å². The van der Waals surface area contributed by atoms with Crippen molar-refractivity contribution in [1.82, 2.24) is 14.9 Å². The number of nitrogens with zero attached hydrogens (tertiary/aromatic N) is 2. The Balaban J connectivity index is 1.76. The molecular weight excluding hydrogens is 270 g/mol. The fourth-order valence-corrected chi connectivity index (χ4v) is 2.71. The van der Waals surface area contributed by atoms with Crippen molar-refractivity contribution < 1.29 is 14.7 Å². The molecule has 0 radical (unpaired) electrons. The maximum atomic E-state index is 12.4. The van der Waals surface area contributed by atoms with Crippen molar-refractivity contribution in [3.05, 3.63) is 53.6 Å². The number of hydrogen-bond acceptors (Lipinski definition) is 3. The minimum Gasteiger partial charge on any atom is -0.477 e. The highest BCUT2D eigenvalue weighted by Gasteiger charge is 2.31. The van der Waals surface area contributed by atoms with Gasteiger partial charge in [-0.3, -0.25) is 4.79 Å². The summed E-state index contributed by atoms with van der Waals surface area (Å²) >= 11 is 0. The monoisotopic (exact) mass is 285 g/mol. The molecule has 1 fully saturated rings. The highest BCUT2D eigenvalue weighted by atomic mass is 16.4. The number of aromatic amines is 1. The number of carbonyl (C=O) groups is 2. The fraction of sp³-hybridized carbons (Fsp3) is 0.267. The first kappa shape index (κ1) is 13.4. The summed E-state index contributed by atoms with van der Waals surface area (Å²) in [6.07, 6.45) is 2.12. The summed E-state index contributed by atoms with van der Waals surface area (Å²) in [6.45, 7) is 1.21. The molecule has 1 saturated heterocycles. The number of carboxylic acid groups (broad SMARTS) is 1. The number of nitrogens with one attached hydrogen (secondary N) is 1. The number of carboxylic acids is 1. The summed E-state index contributed by atoms with van der Waals surface area (Å²) in [5, 5.41) is 9.03. The summed E-state index contributed by atoms with van der Waals surface area (Å²) in [4.78, 5) is 31.4. The van der Waals surface area contributed by atoms with E-state index in [1.807, 2.05) is 18.2 Å². The molecule has 0 aliphatic carbocycles. The molecule has 0 saturated carbocycles. The average Bonchev–Trinajstić information content (AvgIpc) is 3.17. The van der Waals surface area contributed by atoms with Crippen molar-refractivity contribution in [2.75, 3.05) is 13.1 Å². The third-order valence-electron chi connectivity index (χ3n) is 3.80. The van der Waals surface area contributed by atoms with E-state index in [4.69, 9.17) is 5.11 Å². The minimum absolute atomic E-state index is 0.0174. The molecular formula is C15H15N3O3. The number of benzene rings is 1. The third kappa shape index (κ3) is 2.52. The first-order chi connectivity index (χ1) is 10.2. The maximum Gasteiger partial charge on any atom is 0.354 e. The Labute approximate surface area is 121 Å². The molecule has 6 heteroatoms. The molecule has 1 unspecified atom stereocenters. The Hall–Kier alpha value is -2.63. The van der Waals surface area contributed by atoms with Gasteiger partial charge < -0.3 is 15.0 Å². The molecule has 3 rings (SSSR count). The number of likely N-dealkylation sites (tertiary alicyclic amines) is 1. The zero-order chi connectivity index (χ0) is 14.8. The van der Waals surface area contributed by atoms with Crippen LogP contribution in [0.1, 0.15) is 38.9 Å². The highest BCUT2D eigenvalue weighted by molar-refractivity contribution is 6.02. The number of H-pyrrole nitrogens is 1. The van der Waals surface area contributed by atoms with Gasteiger partial charge in [-0.25, -0.2) is 9.78 Å². The average molecular weight is 285 g/mol. The van der Waals surface area contributed by atoms with Gasteiger partial charge in [-0.15, -0.1) is 0 Å². The van der Waals surface area contributed by atoms with Crippen LogP contribution in [0.2, 0.25) is 0 Å². The first-order valence-corrected chi connectivity index (χ1v) is 6.77. The van der Waals surface area contributed by atoms with Gasteiger partial charge in [0.05, 0.1) is 6.33 Å². The molecule has 21 heavy (non-hydrogen) atoms. The molecule has 2 N–H and O–H groups in total. The lowest BCUT2D eigenvalue weighted by molar-refractivity contribution is 0.0674. The second kappa shape index (κ2) is 5.40. The molecule has 1 aromatic carbocycles. The highest BCUT2D eigenvalue weighted by Crippen LogP contribution is 2.28. The number of amides is 1. The molecule has 1 atom stereocenters. The number of hydrogen-bond donors (Lipinski definition) is 2. The second-order valence-corrected chi connectivity index (χ2v) is 5.08. The van der Waals surface area contributed by atoms with Crippen LogP contribution in [0.5, 0.6) is 0 Å². The summed E-state index contributed by atoms with van der Waals surface area (Å²) in [7, 11) is 0. The summed E-state index contributed by atoms with van der Waals surface area (Å²) in [5.41, 5.74) is 1.03. The molecule has 0 bridgehead atoms. The quantitative estimate of drug-likeness (QED) is 0.899. The van der Waals surface area contributed by atoms with E-state index in [9.17, 15) is 9.59 Å². The number of rotatable bonds is 3. The molecule has 2 aromatic rings. The van der Waals surface area contributed by atoms with Crippen LogP contribution >= 0.6 is 0 Å². The van der Waals surface area contributed by atoms with E-state index in [-0.39, 0.29) is 17.3 Å². The van der Waals surface area contributed by atoms with Crippen molar-refractivity contribution in [1.29, 1.82) is 0 Å². The van der Waals surface area contributed by atoms with Gasteiger partial charge in [0.2, 0.25) is 0 Å². The summed E-state index contributed by atoms with van der Waals surface area (Å²) < 4.78 is 0. The molecule has 1 amide bonds. The van der Waals surface area contributed by atoms with Crippen LogP contribution in [0.4, 0.5) is 0 Å². The normalized spacial score (nSPS) is 17.9. The largest absolute Gasteiger partial charge is 0.477 e. The Bertz CT molecular complexity index is 666. The zero-order valence-electron chi connectivity index (χ0n) is 11.3. The standard InChI is InChI=1S/C15H15N3O3/c19-14(12-13(15(20)21)17-9-16-12)18-7-6-11(8-18)10-4-2-1-3-5-10/h1-5,9,11H,6-8H2,(H,16,17)(H,20,21). The second-order valence-electron chi connectivity index (χ2n) is 5.08. The Morgan fingerprint density at radius 1 is 1.29 bits per heavy atom. The Morgan fingerprint density at radius 2 is 2.05 bits per heavy atom. The van der Waals surface area contributed by atoms with Gasteiger partial charge in [0.15, 0.2) is 11.4 Å². The van der Waals surface area contributed by atoms with Crippen molar-refractivity contribution in [3.8, 4) is 0 Å². The van der Waals surface area contributed by atoms with Gasteiger partial charge in [0, 0.05) is 19.0 Å². The van der Waals surface area contributed by atoms with Crippen molar-refractivity contribution in [2.24, 2.45) is 0 Å². The predicted octanol–water partition coefficient (Wildman–Crippen LogP) is 1.74. The molecule has 0 spiro atoms. The van der Waals surface area contributed by atoms with Crippen LogP contribution in [0.3, 0.4) is 0 Å². The molecule has 6 nitrogen and oxygen atoms in total. The summed E-state index contributed by atoms with van der Waals surface area (Å²) in [6, 6.07) is 10.0. The fourth-order valence-electron chi connectivity index (χ4n) is 2.71. The van der Waals surface area contributed by atoms with E-state index in [1.54, 1.807) is 4.90 Å². The minimum atomic E-state index is -1.17. The first-order valence-electron chi connectivity index (χ1n) is 6.77. The Morgan fingerprint density at radius 3 is 2.76 bits per heavy atom. The topological polar surface area (TPSA) is 86.3 Å². The van der Waals surface area contributed by atoms with Gasteiger partial charge in [-0.2, -0.15) is 0 Å². The van der Waals surface area contributed by atoms with Crippen LogP contribution in [0.25, 0.3) is 0 Å². The van der Waals surface area contributed by atoms with Gasteiger partial charge >= 0.3 is 5.97 Å². The third-order valence-corrected chi connectivity index (χ3v) is 3.80. The Kier molecular flexibility index (Phi) is 3.43. The van der Waals surface area contributed by atoms with Crippen LogP contribution in [-0.2, 0) is 0 Å². The van der Waals surface area contributed by atoms with E-state index in [1.165, 1.54) is 11.9 Å². The lowest BCUT2D eigenvalue weighted by atomic mass is 9.99. The van der Waals surface area contributed by atoms with Crippen molar-refractivity contribution in [2.45, 2.75) is 12.3 Å². The van der Waals surface area contributed by atoms with Crippen molar-refractivity contribution in [3.63, 3.8) is 0 Å². The maximum absolute atomic E-state index is 12.4. The molecule has 2 heterocycles. The SMILES string of the molecule is O=C(O)c1[nH]cnc1C(=O)N1CCC(c2ccccc2)C1. The lowest BCUT2D eigenvalue weighted by Crippen LogP contribution is -2.30. The van der Waals surface area contributed by atoms with E-state index >= 15 is 0 Å². The predicted molar refractivity (Wildman–Crippen MR) is 75.3 cm³/mol. The van der Waals surface area contributed by atoms with Crippen molar-refractivity contribution >= 4 is 11.9 Å². The summed E-state index contributed by atoms with van der Waals surface area (Å²) in [5.74, 6) is -1.20. The van der Waals surface area contributed by atoms with E-state index in [0.717, 1.165) is 6.42 Å². The molecule has 1 aliphatic heterocycles. The number of aromatic carboxylic acids is 1. The van der Waals surface area contributed by atoms with E-state index in [2.05, 4.69) is 22.1 Å². The van der Waals surface area contributed by atoms with E-state index in [0.29, 0.717) is 19.0 Å². The number of imidazole rings is 1. The van der Waals surface area contributed by atoms with Gasteiger partial charge in [-0.1, -0.05) is 30.3 Å². The van der Waals surface area contributed by atoms with Crippen LogP contribution in [-0.4, -0.2) is 44.9 Å². The van der Waals surface area contributed by atoms with Gasteiger partial charge in [0.1, 0.15) is 0 Å². The lowest BCUT2D eigenvalue weighted by Gasteiger charge is -2.15. The number of carbonyl (C=O) groups excluding carboxylic acids is 1. The number of aromatic nitrogens is 2. The van der Waals surface area contributed by atoms with Crippen LogP contribution in [0, 0.1) is 0 Å². The smallest absolute Gasteiger partial charge is 0.354 e. The van der Waals surface area contributed by atoms with Gasteiger partial charge in [0.25, 0.3) is 5.91 Å². The van der Waals surface area contributed by atoms with E-state index < -0.39 is 5.97 Å². The van der Waals surface area contributed by atoms with Crippen LogP contribution < -0.4 is 0 Å². The molecule has 1 aliphatic rings. The molecule has 108 valence electrons. The van der Waals surface area contributed by atoms with Gasteiger partial charge in [-0.05, 0) is 12.0 Å². The zero-order valence-corrected chi connectivity index (χ0v) is 11.3. The molecule has 1 aromatic heterocycles.